The first-order valence-electron chi connectivity index (χ1n) is 12.7. The minimum atomic E-state index is -2.29. The van der Waals surface area contributed by atoms with Gasteiger partial charge in [0.25, 0.3) is 11.5 Å². The molecular weight excluding hydrogens is 526 g/mol. The second-order valence-electron chi connectivity index (χ2n) is 12.7. The molecule has 0 amide bonds. The predicted octanol–water partition coefficient (Wildman–Crippen LogP) is 3.46. The summed E-state index contributed by atoms with van der Waals surface area (Å²) in [5.41, 5.74) is 5.87. The van der Waals surface area contributed by atoms with Crippen LogP contribution in [0.15, 0.2) is 11.1 Å². The van der Waals surface area contributed by atoms with Gasteiger partial charge in [-0.3, -0.25) is 19.1 Å². The number of aliphatic hydroxyl groups is 1. The van der Waals surface area contributed by atoms with Gasteiger partial charge in [-0.15, -0.1) is 0 Å². The fourth-order valence-corrected chi connectivity index (χ4v) is 6.11. The van der Waals surface area contributed by atoms with Crippen LogP contribution in [0.4, 0.5) is 5.95 Å². The summed E-state index contributed by atoms with van der Waals surface area (Å²) in [7, 11) is -4.54. The topological polar surface area (TPSA) is 175 Å². The summed E-state index contributed by atoms with van der Waals surface area (Å²) in [4.78, 5) is 32.4. The highest BCUT2D eigenvalue weighted by atomic mass is 28.4. The number of anilines is 1. The number of nitrogens with one attached hydrogen (secondary N) is 1. The number of carboxylic acid groups (broad SMARTS) is 1. The Morgan fingerprint density at radius 1 is 1.11 bits per heavy atom. The summed E-state index contributed by atoms with van der Waals surface area (Å²) in [5.74, 6) is -0.841. The standard InChI is InChI=1S/C22H41N5O5Si2.C2H4O2/c1-21(2,3)33(7,8)31-15-13(11-28)30-19(16(15)32-34(9,10)22(4,5)6)27-12-24-14-17(27)25-20(23)26-18(14)29;1-2(3)4/h12-13,15-16,19,28H,11H2,1-10H3,(H3,23,25,26,29);1H3,(H,3,4)/t13-,15-,16-,19-;/m1./s1. The molecule has 3 rings (SSSR count). The number of fused-ring (bicyclic) bond motifs is 1. The lowest BCUT2D eigenvalue weighted by Gasteiger charge is -2.44. The van der Waals surface area contributed by atoms with E-state index in [1.54, 1.807) is 4.57 Å². The molecule has 3 heterocycles. The number of rotatable bonds is 6. The van der Waals surface area contributed by atoms with Gasteiger partial charge in [0.15, 0.2) is 34.0 Å². The van der Waals surface area contributed by atoms with Crippen molar-refractivity contribution in [3.05, 3.63) is 16.7 Å². The van der Waals surface area contributed by atoms with Crippen LogP contribution in [0.3, 0.4) is 0 Å². The molecule has 4 atom stereocenters. The minimum absolute atomic E-state index is 0.00751. The first-order chi connectivity index (χ1) is 17.1. The number of hydrogen-bond donors (Lipinski definition) is 4. The molecule has 216 valence electrons. The largest absolute Gasteiger partial charge is 0.481 e. The Morgan fingerprint density at radius 2 is 1.58 bits per heavy atom. The van der Waals surface area contributed by atoms with E-state index in [9.17, 15) is 9.90 Å². The number of nitrogen functional groups attached to an aromatic ring is 1. The molecule has 5 N–H and O–H groups in total. The summed E-state index contributed by atoms with van der Waals surface area (Å²) >= 11 is 0. The van der Waals surface area contributed by atoms with Crippen LogP contribution in [-0.4, -0.2) is 77.3 Å². The van der Waals surface area contributed by atoms with Gasteiger partial charge < -0.3 is 29.5 Å². The van der Waals surface area contributed by atoms with Crippen LogP contribution in [0.5, 0.6) is 0 Å². The number of H-pyrrole nitrogens is 1. The lowest BCUT2D eigenvalue weighted by atomic mass is 10.1. The number of carboxylic acids is 1. The van der Waals surface area contributed by atoms with Crippen LogP contribution >= 0.6 is 0 Å². The molecular formula is C24H45N5O7Si2. The van der Waals surface area contributed by atoms with E-state index < -0.39 is 52.7 Å². The summed E-state index contributed by atoms with van der Waals surface area (Å²) < 4.78 is 21.8. The predicted molar refractivity (Wildman–Crippen MR) is 151 cm³/mol. The molecule has 38 heavy (non-hydrogen) atoms. The van der Waals surface area contributed by atoms with E-state index in [0.717, 1.165) is 6.92 Å². The molecule has 1 aliphatic heterocycles. The first-order valence-corrected chi connectivity index (χ1v) is 18.5. The zero-order valence-electron chi connectivity index (χ0n) is 24.4. The first kappa shape index (κ1) is 32.1. The smallest absolute Gasteiger partial charge is 0.300 e. The summed E-state index contributed by atoms with van der Waals surface area (Å²) in [6.45, 7) is 22.6. The summed E-state index contributed by atoms with van der Waals surface area (Å²) in [6.07, 6.45) is -0.818. The Hall–Kier alpha value is -2.11. The van der Waals surface area contributed by atoms with Crippen LogP contribution in [0.1, 0.15) is 54.7 Å². The number of ether oxygens (including phenoxy) is 1. The van der Waals surface area contributed by atoms with Gasteiger partial charge in [0.2, 0.25) is 5.95 Å². The van der Waals surface area contributed by atoms with Crippen molar-refractivity contribution in [2.75, 3.05) is 12.3 Å². The van der Waals surface area contributed by atoms with Crippen LogP contribution in [-0.2, 0) is 18.4 Å². The Labute approximate surface area is 226 Å². The zero-order chi connectivity index (χ0) is 29.4. The molecule has 12 nitrogen and oxygen atoms in total. The SMILES string of the molecule is CC(=O)O.CC(C)(C)[Si](C)(C)O[C@@H]1[C@H](O[Si](C)(C)C(C)(C)C)[C@@H](CO)O[C@H]1n1cnc2c(=O)[nH]c(N)nc21. The molecule has 1 aliphatic rings. The lowest BCUT2D eigenvalue weighted by Crippen LogP contribution is -2.53. The van der Waals surface area contributed by atoms with Crippen molar-refractivity contribution in [1.29, 1.82) is 0 Å². The van der Waals surface area contributed by atoms with E-state index >= 15 is 0 Å². The normalized spacial score (nSPS) is 22.8. The highest BCUT2D eigenvalue weighted by molar-refractivity contribution is 6.74. The van der Waals surface area contributed by atoms with Crippen molar-refractivity contribution in [3.8, 4) is 0 Å². The maximum absolute atomic E-state index is 12.4. The molecule has 0 saturated carbocycles. The van der Waals surface area contributed by atoms with Crippen molar-refractivity contribution in [3.63, 3.8) is 0 Å². The molecule has 0 aromatic carbocycles. The number of aliphatic carboxylic acids is 1. The number of carbonyl (C=O) groups is 1. The molecule has 0 radical (unpaired) electrons. The molecule has 0 aliphatic carbocycles. The Bertz CT molecular complexity index is 1180. The number of imidazole rings is 1. The summed E-state index contributed by atoms with van der Waals surface area (Å²) in [5, 5.41) is 17.6. The van der Waals surface area contributed by atoms with Gasteiger partial charge in [-0.2, -0.15) is 4.98 Å². The van der Waals surface area contributed by atoms with Gasteiger partial charge in [-0.1, -0.05) is 41.5 Å². The van der Waals surface area contributed by atoms with E-state index in [1.807, 2.05) is 0 Å². The van der Waals surface area contributed by atoms with E-state index in [0.29, 0.717) is 5.65 Å². The Balaban J connectivity index is 0.00000118. The van der Waals surface area contributed by atoms with Crippen LogP contribution in [0.2, 0.25) is 36.3 Å². The Kier molecular flexibility index (Phi) is 9.44. The molecule has 0 spiro atoms. The molecule has 0 unspecified atom stereocenters. The van der Waals surface area contributed by atoms with Gasteiger partial charge in [0.1, 0.15) is 18.3 Å². The minimum Gasteiger partial charge on any atom is -0.481 e. The number of nitrogens with zero attached hydrogens (tertiary/aromatic N) is 3. The highest BCUT2D eigenvalue weighted by Gasteiger charge is 2.54. The third kappa shape index (κ3) is 6.90. The fourth-order valence-electron chi connectivity index (χ4n) is 3.51. The van der Waals surface area contributed by atoms with Crippen molar-refractivity contribution < 1.29 is 28.6 Å². The van der Waals surface area contributed by atoms with Crippen molar-refractivity contribution >= 4 is 39.7 Å². The van der Waals surface area contributed by atoms with Crippen molar-refractivity contribution in [2.24, 2.45) is 0 Å². The summed E-state index contributed by atoms with van der Waals surface area (Å²) in [6, 6.07) is 0. The molecule has 1 saturated heterocycles. The average Bonchev–Trinajstić information content (AvgIpc) is 3.27. The van der Waals surface area contributed by atoms with Crippen LogP contribution < -0.4 is 11.3 Å². The number of aromatic amines is 1. The molecule has 14 heteroatoms. The van der Waals surface area contributed by atoms with E-state index in [2.05, 4.69) is 82.7 Å². The second-order valence-corrected chi connectivity index (χ2v) is 22.2. The number of aromatic nitrogens is 4. The van der Waals surface area contributed by atoms with Gasteiger partial charge in [0, 0.05) is 6.92 Å². The van der Waals surface area contributed by atoms with Crippen LogP contribution in [0, 0.1) is 0 Å². The van der Waals surface area contributed by atoms with Crippen molar-refractivity contribution in [1.82, 2.24) is 19.5 Å². The molecule has 2 aromatic heterocycles. The second kappa shape index (κ2) is 11.2. The fraction of sp³-hybridized carbons (Fsp3) is 0.750. The number of aliphatic hydroxyl groups excluding tert-OH is 1. The monoisotopic (exact) mass is 571 g/mol. The van der Waals surface area contributed by atoms with Gasteiger partial charge in [0.05, 0.1) is 12.9 Å². The number of hydrogen-bond acceptors (Lipinski definition) is 9. The zero-order valence-corrected chi connectivity index (χ0v) is 26.4. The lowest BCUT2D eigenvalue weighted by molar-refractivity contribution is -0.134. The Morgan fingerprint density at radius 3 is 2.03 bits per heavy atom. The maximum atomic E-state index is 12.4. The third-order valence-corrected chi connectivity index (χ3v) is 16.6. The van der Waals surface area contributed by atoms with E-state index in [4.69, 9.17) is 29.2 Å². The highest BCUT2D eigenvalue weighted by Crippen LogP contribution is 2.45. The van der Waals surface area contributed by atoms with Crippen molar-refractivity contribution in [2.45, 2.75) is 109 Å². The average molecular weight is 572 g/mol. The molecule has 2 aromatic rings. The van der Waals surface area contributed by atoms with Gasteiger partial charge in [-0.25, -0.2) is 4.98 Å². The van der Waals surface area contributed by atoms with E-state index in [1.165, 1.54) is 6.33 Å². The van der Waals surface area contributed by atoms with Gasteiger partial charge >= 0.3 is 0 Å². The van der Waals surface area contributed by atoms with Gasteiger partial charge in [-0.05, 0) is 36.3 Å². The quantitative estimate of drug-likeness (QED) is 0.376. The number of nitrogens with two attached hydrogens (primary N) is 1. The maximum Gasteiger partial charge on any atom is 0.300 e. The third-order valence-electron chi connectivity index (χ3n) is 7.66. The van der Waals surface area contributed by atoms with E-state index in [-0.39, 0.29) is 28.1 Å². The molecule has 1 fully saturated rings. The van der Waals surface area contributed by atoms with Crippen LogP contribution in [0.25, 0.3) is 11.2 Å². The molecule has 0 bridgehead atoms.